The maximum absolute atomic E-state index is 11.5. The quantitative estimate of drug-likeness (QED) is 0.703. The van der Waals surface area contributed by atoms with Crippen LogP contribution in [0.4, 0.5) is 5.82 Å². The molecule has 2 heterocycles. The van der Waals surface area contributed by atoms with E-state index >= 15 is 0 Å². The number of hydrogen-bond donors (Lipinski definition) is 1. The number of amides is 1. The van der Waals surface area contributed by atoms with Crippen LogP contribution in [0.5, 0.6) is 0 Å². The van der Waals surface area contributed by atoms with Crippen molar-refractivity contribution in [2.24, 2.45) is 11.7 Å². The molecule has 1 saturated heterocycles. The summed E-state index contributed by atoms with van der Waals surface area (Å²) >= 11 is 0. The molecule has 1 atom stereocenters. The van der Waals surface area contributed by atoms with E-state index in [-0.39, 0.29) is 11.8 Å². The lowest BCUT2D eigenvalue weighted by Crippen LogP contribution is -2.26. The fraction of sp³-hybridized carbons (Fsp3) is 0.444. The van der Waals surface area contributed by atoms with Crippen LogP contribution in [-0.4, -0.2) is 29.0 Å². The molecule has 0 aromatic carbocycles. The number of carbonyl (C=O) groups excluding carboxylic acids is 1. The minimum atomic E-state index is 0.0842. The fourth-order valence-corrected chi connectivity index (χ4v) is 1.59. The SMILES string of the molecule is NCC1CC(=O)N(c2cnccn2)C1. The van der Waals surface area contributed by atoms with Gasteiger partial charge in [-0.2, -0.15) is 0 Å². The normalized spacial score (nSPS) is 21.6. The van der Waals surface area contributed by atoms with Gasteiger partial charge in [0.2, 0.25) is 5.91 Å². The predicted molar refractivity (Wildman–Crippen MR) is 51.5 cm³/mol. The van der Waals surface area contributed by atoms with Gasteiger partial charge >= 0.3 is 0 Å². The maximum atomic E-state index is 11.5. The molecular weight excluding hydrogens is 180 g/mol. The molecule has 2 N–H and O–H groups in total. The highest BCUT2D eigenvalue weighted by molar-refractivity contribution is 5.94. The summed E-state index contributed by atoms with van der Waals surface area (Å²) in [5.41, 5.74) is 5.52. The number of anilines is 1. The molecule has 0 radical (unpaired) electrons. The third kappa shape index (κ3) is 1.58. The first kappa shape index (κ1) is 9.08. The van der Waals surface area contributed by atoms with E-state index in [0.29, 0.717) is 25.3 Å². The van der Waals surface area contributed by atoms with Gasteiger partial charge in [-0.3, -0.25) is 14.7 Å². The van der Waals surface area contributed by atoms with Gasteiger partial charge in [-0.1, -0.05) is 0 Å². The van der Waals surface area contributed by atoms with Crippen LogP contribution in [0.2, 0.25) is 0 Å². The van der Waals surface area contributed by atoms with Gasteiger partial charge in [0, 0.05) is 25.4 Å². The van der Waals surface area contributed by atoms with E-state index in [0.717, 1.165) is 0 Å². The van der Waals surface area contributed by atoms with Crippen molar-refractivity contribution < 1.29 is 4.79 Å². The summed E-state index contributed by atoms with van der Waals surface area (Å²) in [4.78, 5) is 21.2. The van der Waals surface area contributed by atoms with Gasteiger partial charge in [-0.15, -0.1) is 0 Å². The first-order chi connectivity index (χ1) is 6.81. The molecule has 74 valence electrons. The van der Waals surface area contributed by atoms with Crippen molar-refractivity contribution in [3.8, 4) is 0 Å². The van der Waals surface area contributed by atoms with Crippen LogP contribution in [0.3, 0.4) is 0 Å². The molecule has 1 unspecified atom stereocenters. The van der Waals surface area contributed by atoms with Gasteiger partial charge in [-0.05, 0) is 12.5 Å². The summed E-state index contributed by atoms with van der Waals surface area (Å²) in [5.74, 6) is 0.957. The van der Waals surface area contributed by atoms with Crippen molar-refractivity contribution in [1.29, 1.82) is 0 Å². The number of hydrogen-bond acceptors (Lipinski definition) is 4. The standard InChI is InChI=1S/C9H12N4O/c10-4-7-3-9(14)13(6-7)8-5-11-1-2-12-8/h1-2,5,7H,3-4,6,10H2. The van der Waals surface area contributed by atoms with Crippen LogP contribution in [-0.2, 0) is 4.79 Å². The van der Waals surface area contributed by atoms with Crippen LogP contribution in [0.25, 0.3) is 0 Å². The molecule has 0 bridgehead atoms. The Labute approximate surface area is 82.0 Å². The third-order valence-electron chi connectivity index (χ3n) is 2.36. The van der Waals surface area contributed by atoms with Crippen molar-refractivity contribution in [2.75, 3.05) is 18.0 Å². The number of rotatable bonds is 2. The molecule has 14 heavy (non-hydrogen) atoms. The van der Waals surface area contributed by atoms with E-state index in [4.69, 9.17) is 5.73 Å². The average Bonchev–Trinajstić information content (AvgIpc) is 2.61. The number of nitrogens with two attached hydrogens (primary N) is 1. The van der Waals surface area contributed by atoms with Crippen LogP contribution >= 0.6 is 0 Å². The minimum absolute atomic E-state index is 0.0842. The number of aromatic nitrogens is 2. The van der Waals surface area contributed by atoms with E-state index in [9.17, 15) is 4.79 Å². The van der Waals surface area contributed by atoms with Crippen LogP contribution in [0.15, 0.2) is 18.6 Å². The Balaban J connectivity index is 2.17. The van der Waals surface area contributed by atoms with Crippen molar-refractivity contribution in [3.63, 3.8) is 0 Å². The van der Waals surface area contributed by atoms with Gasteiger partial charge in [0.1, 0.15) is 0 Å². The van der Waals surface area contributed by atoms with Crippen molar-refractivity contribution in [2.45, 2.75) is 6.42 Å². The van der Waals surface area contributed by atoms with E-state index in [1.165, 1.54) is 0 Å². The van der Waals surface area contributed by atoms with Gasteiger partial charge in [-0.25, -0.2) is 4.98 Å². The Morgan fingerprint density at radius 3 is 3.00 bits per heavy atom. The zero-order valence-corrected chi connectivity index (χ0v) is 7.76. The summed E-state index contributed by atoms with van der Waals surface area (Å²) in [7, 11) is 0. The van der Waals surface area contributed by atoms with E-state index < -0.39 is 0 Å². The lowest BCUT2D eigenvalue weighted by Gasteiger charge is -2.13. The summed E-state index contributed by atoms with van der Waals surface area (Å²) in [6.45, 7) is 1.20. The van der Waals surface area contributed by atoms with Gasteiger partial charge in [0.15, 0.2) is 5.82 Å². The molecule has 2 rings (SSSR count). The third-order valence-corrected chi connectivity index (χ3v) is 2.36. The lowest BCUT2D eigenvalue weighted by atomic mass is 10.1. The van der Waals surface area contributed by atoms with Crippen LogP contribution in [0.1, 0.15) is 6.42 Å². The molecule has 1 aliphatic rings. The predicted octanol–water partition coefficient (Wildman–Crippen LogP) is -0.212. The maximum Gasteiger partial charge on any atom is 0.228 e. The van der Waals surface area contributed by atoms with E-state index in [2.05, 4.69) is 9.97 Å². The highest BCUT2D eigenvalue weighted by Gasteiger charge is 2.30. The second-order valence-electron chi connectivity index (χ2n) is 3.37. The first-order valence-corrected chi connectivity index (χ1v) is 4.57. The van der Waals surface area contributed by atoms with Crippen molar-refractivity contribution in [1.82, 2.24) is 9.97 Å². The molecule has 1 aromatic rings. The zero-order chi connectivity index (χ0) is 9.97. The monoisotopic (exact) mass is 192 g/mol. The van der Waals surface area contributed by atoms with Crippen LogP contribution in [0, 0.1) is 5.92 Å². The van der Waals surface area contributed by atoms with Gasteiger partial charge < -0.3 is 5.73 Å². The molecule has 1 aromatic heterocycles. The number of carbonyl (C=O) groups is 1. The molecule has 0 saturated carbocycles. The first-order valence-electron chi connectivity index (χ1n) is 4.57. The molecule has 0 aliphatic carbocycles. The summed E-state index contributed by atoms with van der Waals surface area (Å²) in [6.07, 6.45) is 5.28. The Kier molecular flexibility index (Phi) is 2.41. The number of nitrogens with zero attached hydrogens (tertiary/aromatic N) is 3. The topological polar surface area (TPSA) is 72.1 Å². The second-order valence-corrected chi connectivity index (χ2v) is 3.37. The largest absolute Gasteiger partial charge is 0.330 e. The lowest BCUT2D eigenvalue weighted by molar-refractivity contribution is -0.117. The van der Waals surface area contributed by atoms with E-state index in [1.807, 2.05) is 0 Å². The molecule has 1 amide bonds. The molecule has 5 nitrogen and oxygen atoms in total. The van der Waals surface area contributed by atoms with Crippen molar-refractivity contribution >= 4 is 11.7 Å². The van der Waals surface area contributed by atoms with Gasteiger partial charge in [0.05, 0.1) is 6.20 Å². The Hall–Kier alpha value is -1.49. The van der Waals surface area contributed by atoms with Crippen molar-refractivity contribution in [3.05, 3.63) is 18.6 Å². The molecule has 1 aliphatic heterocycles. The zero-order valence-electron chi connectivity index (χ0n) is 7.76. The Morgan fingerprint density at radius 1 is 1.57 bits per heavy atom. The summed E-state index contributed by atoms with van der Waals surface area (Å²) < 4.78 is 0. The highest BCUT2D eigenvalue weighted by Crippen LogP contribution is 2.21. The van der Waals surface area contributed by atoms with Gasteiger partial charge in [0.25, 0.3) is 0 Å². The second kappa shape index (κ2) is 3.71. The smallest absolute Gasteiger partial charge is 0.228 e. The van der Waals surface area contributed by atoms with Crippen LogP contribution < -0.4 is 10.6 Å². The Morgan fingerprint density at radius 2 is 2.43 bits per heavy atom. The minimum Gasteiger partial charge on any atom is -0.330 e. The Bertz CT molecular complexity index is 327. The molecule has 1 fully saturated rings. The molecule has 5 heteroatoms. The molecule has 0 spiro atoms. The highest BCUT2D eigenvalue weighted by atomic mass is 16.2. The summed E-state index contributed by atoms with van der Waals surface area (Å²) in [6, 6.07) is 0. The summed E-state index contributed by atoms with van der Waals surface area (Å²) in [5, 5.41) is 0. The fourth-order valence-electron chi connectivity index (χ4n) is 1.59. The molecular formula is C9H12N4O. The average molecular weight is 192 g/mol. The van der Waals surface area contributed by atoms with E-state index in [1.54, 1.807) is 23.5 Å².